The van der Waals surface area contributed by atoms with Crippen LogP contribution in [0, 0.1) is 0 Å². The SMILES string of the molecule is CCOC(=O)c1ccc2c(c1)C(C)(C)CN(CC1OC(=C=O)N3Cc4ccccc4CC13)C2=C=O. The standard InChI is InChI=1S/C28H28N2O5/c1-4-34-27(33)19-9-10-21-22(11-19)28(2,3)17-29(24(21)15-31)14-25-23-12-18-7-5-6-8-20(18)13-30(23)26(16-32)35-25/h5-11,23,25H,4,12-14,17H2,1-3H3. The van der Waals surface area contributed by atoms with Gasteiger partial charge in [0.25, 0.3) is 5.88 Å². The number of rotatable bonds is 4. The van der Waals surface area contributed by atoms with Gasteiger partial charge in [0.15, 0.2) is 11.9 Å². The third kappa shape index (κ3) is 3.93. The van der Waals surface area contributed by atoms with E-state index in [0.29, 0.717) is 37.5 Å². The Balaban J connectivity index is 1.45. The van der Waals surface area contributed by atoms with Crippen LogP contribution in [-0.4, -0.2) is 59.5 Å². The molecule has 2 aromatic rings. The van der Waals surface area contributed by atoms with E-state index >= 15 is 0 Å². The van der Waals surface area contributed by atoms with E-state index in [1.165, 1.54) is 11.1 Å². The van der Waals surface area contributed by atoms with Crippen molar-refractivity contribution in [1.82, 2.24) is 9.80 Å². The number of fused-ring (bicyclic) bond motifs is 3. The second-order valence-electron chi connectivity index (χ2n) is 9.93. The zero-order valence-corrected chi connectivity index (χ0v) is 20.2. The van der Waals surface area contributed by atoms with Crippen LogP contribution in [0.5, 0.6) is 0 Å². The fraction of sp³-hybridized carbons (Fsp3) is 0.393. The van der Waals surface area contributed by atoms with Crippen molar-refractivity contribution in [2.75, 3.05) is 19.7 Å². The molecule has 2 unspecified atom stereocenters. The molecular weight excluding hydrogens is 444 g/mol. The Morgan fingerprint density at radius 2 is 1.91 bits per heavy atom. The molecule has 35 heavy (non-hydrogen) atoms. The highest BCUT2D eigenvalue weighted by Gasteiger charge is 2.45. The second-order valence-corrected chi connectivity index (χ2v) is 9.93. The van der Waals surface area contributed by atoms with E-state index in [4.69, 9.17) is 9.47 Å². The molecule has 0 aliphatic carbocycles. The average Bonchev–Trinajstić information content (AvgIpc) is 3.18. The van der Waals surface area contributed by atoms with Crippen LogP contribution in [0.3, 0.4) is 0 Å². The Bertz CT molecular complexity index is 1290. The van der Waals surface area contributed by atoms with Crippen molar-refractivity contribution in [2.45, 2.75) is 51.3 Å². The fourth-order valence-electron chi connectivity index (χ4n) is 5.59. The lowest BCUT2D eigenvalue weighted by molar-refractivity contribution is 0.0526. The van der Waals surface area contributed by atoms with Crippen LogP contribution in [-0.2, 0) is 37.4 Å². The van der Waals surface area contributed by atoms with Crippen molar-refractivity contribution in [2.24, 2.45) is 0 Å². The van der Waals surface area contributed by atoms with E-state index in [9.17, 15) is 14.4 Å². The number of hydrogen-bond acceptors (Lipinski definition) is 7. The minimum Gasteiger partial charge on any atom is -0.464 e. The smallest absolute Gasteiger partial charge is 0.338 e. The van der Waals surface area contributed by atoms with Crippen LogP contribution in [0.1, 0.15) is 53.4 Å². The van der Waals surface area contributed by atoms with Crippen molar-refractivity contribution in [3.63, 3.8) is 0 Å². The van der Waals surface area contributed by atoms with Crippen LogP contribution >= 0.6 is 0 Å². The summed E-state index contributed by atoms with van der Waals surface area (Å²) in [6.07, 6.45) is 0.447. The van der Waals surface area contributed by atoms with Gasteiger partial charge >= 0.3 is 5.97 Å². The number of nitrogens with zero attached hydrogens (tertiary/aromatic N) is 2. The number of benzene rings is 2. The monoisotopic (exact) mass is 472 g/mol. The summed E-state index contributed by atoms with van der Waals surface area (Å²) in [6, 6.07) is 13.5. The molecule has 1 fully saturated rings. The number of carbonyl (C=O) groups excluding carboxylic acids is 3. The van der Waals surface area contributed by atoms with E-state index in [-0.39, 0.29) is 29.4 Å². The highest BCUT2D eigenvalue weighted by Crippen LogP contribution is 2.41. The van der Waals surface area contributed by atoms with Crippen molar-refractivity contribution in [1.29, 1.82) is 0 Å². The van der Waals surface area contributed by atoms with Gasteiger partial charge in [0.05, 0.1) is 24.8 Å². The topological polar surface area (TPSA) is 76.2 Å². The Kier molecular flexibility index (Phi) is 5.76. The van der Waals surface area contributed by atoms with Crippen molar-refractivity contribution >= 4 is 23.5 Å². The lowest BCUT2D eigenvalue weighted by atomic mass is 9.76. The van der Waals surface area contributed by atoms with Crippen molar-refractivity contribution in [3.8, 4) is 0 Å². The number of ether oxygens (including phenoxy) is 2. The summed E-state index contributed by atoms with van der Waals surface area (Å²) in [7, 11) is 0. The first-order valence-electron chi connectivity index (χ1n) is 11.9. The highest BCUT2D eigenvalue weighted by atomic mass is 16.5. The van der Waals surface area contributed by atoms with E-state index in [1.807, 2.05) is 33.9 Å². The van der Waals surface area contributed by atoms with E-state index in [1.54, 1.807) is 19.1 Å². The molecule has 3 heterocycles. The maximum atomic E-state index is 12.3. The van der Waals surface area contributed by atoms with Crippen LogP contribution in [0.2, 0.25) is 0 Å². The summed E-state index contributed by atoms with van der Waals surface area (Å²) in [5.41, 5.74) is 4.64. The summed E-state index contributed by atoms with van der Waals surface area (Å²) in [4.78, 5) is 40.2. The van der Waals surface area contributed by atoms with Gasteiger partial charge in [-0.3, -0.25) is 0 Å². The first-order chi connectivity index (χ1) is 16.9. The molecular formula is C28H28N2O5. The maximum Gasteiger partial charge on any atom is 0.338 e. The maximum absolute atomic E-state index is 12.3. The first-order valence-corrected chi connectivity index (χ1v) is 11.9. The molecule has 3 aliphatic rings. The highest BCUT2D eigenvalue weighted by molar-refractivity contribution is 5.93. The third-order valence-electron chi connectivity index (χ3n) is 7.24. The van der Waals surface area contributed by atoms with Crippen molar-refractivity contribution < 1.29 is 23.9 Å². The average molecular weight is 473 g/mol. The molecule has 3 aliphatic heterocycles. The van der Waals surface area contributed by atoms with Gasteiger partial charge in [0, 0.05) is 24.1 Å². The molecule has 7 heteroatoms. The molecule has 0 N–H and O–H groups in total. The molecule has 2 atom stereocenters. The van der Waals surface area contributed by atoms with Crippen LogP contribution in [0.15, 0.2) is 48.3 Å². The molecule has 0 radical (unpaired) electrons. The minimum atomic E-state index is -0.379. The van der Waals surface area contributed by atoms with Gasteiger partial charge in [-0.25, -0.2) is 14.4 Å². The minimum absolute atomic E-state index is 0.0232. The summed E-state index contributed by atoms with van der Waals surface area (Å²) in [5.74, 6) is 3.95. The Morgan fingerprint density at radius 1 is 1.14 bits per heavy atom. The van der Waals surface area contributed by atoms with Gasteiger partial charge in [-0.05, 0) is 42.2 Å². The molecule has 0 aromatic heterocycles. The summed E-state index contributed by atoms with van der Waals surface area (Å²) >= 11 is 0. The lowest BCUT2D eigenvalue weighted by Gasteiger charge is -2.42. The number of hydrogen-bond donors (Lipinski definition) is 0. The van der Waals surface area contributed by atoms with E-state index in [0.717, 1.165) is 17.5 Å². The normalized spacial score (nSPS) is 21.8. The zero-order chi connectivity index (χ0) is 24.7. The summed E-state index contributed by atoms with van der Waals surface area (Å²) < 4.78 is 11.2. The molecule has 180 valence electrons. The van der Waals surface area contributed by atoms with Crippen LogP contribution < -0.4 is 0 Å². The fourth-order valence-corrected chi connectivity index (χ4v) is 5.59. The second kappa shape index (κ2) is 8.77. The van der Waals surface area contributed by atoms with Gasteiger partial charge < -0.3 is 19.3 Å². The van der Waals surface area contributed by atoms with Gasteiger partial charge in [-0.1, -0.05) is 44.2 Å². The van der Waals surface area contributed by atoms with Gasteiger partial charge in [-0.15, -0.1) is 0 Å². The van der Waals surface area contributed by atoms with E-state index in [2.05, 4.69) is 31.9 Å². The lowest BCUT2D eigenvalue weighted by Crippen LogP contribution is -2.48. The van der Waals surface area contributed by atoms with Gasteiger partial charge in [0.2, 0.25) is 0 Å². The van der Waals surface area contributed by atoms with E-state index < -0.39 is 0 Å². The molecule has 7 nitrogen and oxygen atoms in total. The molecule has 5 rings (SSSR count). The Hall–Kier alpha value is -3.79. The summed E-state index contributed by atoms with van der Waals surface area (Å²) in [6.45, 7) is 7.82. The molecule has 1 saturated heterocycles. The number of carbonyl (C=O) groups is 1. The number of esters is 1. The quantitative estimate of drug-likeness (QED) is 0.500. The zero-order valence-electron chi connectivity index (χ0n) is 20.2. The molecule has 0 spiro atoms. The van der Waals surface area contributed by atoms with Gasteiger partial charge in [-0.2, -0.15) is 0 Å². The van der Waals surface area contributed by atoms with Crippen molar-refractivity contribution in [3.05, 3.63) is 76.2 Å². The Labute approximate surface area is 204 Å². The predicted molar refractivity (Wildman–Crippen MR) is 130 cm³/mol. The summed E-state index contributed by atoms with van der Waals surface area (Å²) in [5, 5.41) is 0. The largest absolute Gasteiger partial charge is 0.464 e. The third-order valence-corrected chi connectivity index (χ3v) is 7.24. The molecule has 0 amide bonds. The predicted octanol–water partition coefficient (Wildman–Crippen LogP) is 3.13. The molecule has 2 aromatic carbocycles. The first kappa shape index (κ1) is 23.0. The Morgan fingerprint density at radius 3 is 2.63 bits per heavy atom. The van der Waals surface area contributed by atoms with Crippen LogP contribution in [0.25, 0.3) is 5.70 Å². The van der Waals surface area contributed by atoms with Crippen LogP contribution in [0.4, 0.5) is 0 Å². The molecule has 0 bridgehead atoms. The van der Waals surface area contributed by atoms with Gasteiger partial charge in [0.1, 0.15) is 11.8 Å². The molecule has 0 saturated carbocycles.